The van der Waals surface area contributed by atoms with Gasteiger partial charge in [-0.3, -0.25) is 0 Å². The summed E-state index contributed by atoms with van der Waals surface area (Å²) in [6.45, 7) is 4.74. The average Bonchev–Trinajstić information content (AvgIpc) is 2.48. The molecule has 1 aliphatic rings. The van der Waals surface area contributed by atoms with Crippen LogP contribution in [0.2, 0.25) is 0 Å². The molecule has 0 heterocycles. The lowest BCUT2D eigenvalue weighted by atomic mass is 9.86. The van der Waals surface area contributed by atoms with Crippen molar-refractivity contribution in [2.75, 3.05) is 0 Å². The van der Waals surface area contributed by atoms with Gasteiger partial charge >= 0.3 is 6.09 Å². The van der Waals surface area contributed by atoms with Gasteiger partial charge in [-0.1, -0.05) is 44.2 Å². The molecule has 0 bridgehead atoms. The van der Waals surface area contributed by atoms with Crippen LogP contribution in [-0.4, -0.2) is 24.2 Å². The first-order valence-electron chi connectivity index (χ1n) is 7.94. The van der Waals surface area contributed by atoms with Crippen LogP contribution >= 0.6 is 0 Å². The first kappa shape index (κ1) is 15.8. The highest BCUT2D eigenvalue weighted by atomic mass is 16.5. The Balaban J connectivity index is 1.60. The van der Waals surface area contributed by atoms with Crippen LogP contribution in [0, 0.1) is 0 Å². The van der Waals surface area contributed by atoms with Crippen molar-refractivity contribution >= 4 is 6.09 Å². The van der Waals surface area contributed by atoms with E-state index in [0.717, 1.165) is 31.2 Å². The maximum Gasteiger partial charge on any atom is 0.407 e. The predicted octanol–water partition coefficient (Wildman–Crippen LogP) is 3.22. The summed E-state index contributed by atoms with van der Waals surface area (Å²) < 4.78 is 5.22. The van der Waals surface area contributed by atoms with Gasteiger partial charge in [0.25, 0.3) is 0 Å². The van der Waals surface area contributed by atoms with E-state index in [1.54, 1.807) is 0 Å². The van der Waals surface area contributed by atoms with E-state index >= 15 is 0 Å². The van der Waals surface area contributed by atoms with Crippen molar-refractivity contribution in [3.8, 4) is 0 Å². The van der Waals surface area contributed by atoms with Gasteiger partial charge in [0, 0.05) is 18.1 Å². The van der Waals surface area contributed by atoms with Gasteiger partial charge in [-0.15, -0.1) is 0 Å². The van der Waals surface area contributed by atoms with Crippen LogP contribution in [0.15, 0.2) is 30.3 Å². The molecule has 0 unspecified atom stereocenters. The van der Waals surface area contributed by atoms with E-state index in [4.69, 9.17) is 4.74 Å². The van der Waals surface area contributed by atoms with Crippen LogP contribution in [0.4, 0.5) is 4.79 Å². The molecular formula is C17H26N2O2. The summed E-state index contributed by atoms with van der Waals surface area (Å²) in [7, 11) is 0. The van der Waals surface area contributed by atoms with Gasteiger partial charge in [0.15, 0.2) is 0 Å². The maximum absolute atomic E-state index is 11.7. The molecule has 1 aliphatic carbocycles. The molecule has 116 valence electrons. The Kier molecular flexibility index (Phi) is 6.05. The van der Waals surface area contributed by atoms with E-state index in [1.807, 2.05) is 30.3 Å². The fourth-order valence-electron chi connectivity index (χ4n) is 2.66. The molecule has 0 aliphatic heterocycles. The number of carbonyl (C=O) groups is 1. The third kappa shape index (κ3) is 5.05. The topological polar surface area (TPSA) is 50.4 Å². The zero-order valence-electron chi connectivity index (χ0n) is 13.0. The number of rotatable bonds is 7. The van der Waals surface area contributed by atoms with Crippen LogP contribution in [0.1, 0.15) is 45.1 Å². The number of benzene rings is 1. The number of nitrogens with one attached hydrogen (secondary N) is 2. The minimum atomic E-state index is -0.315. The van der Waals surface area contributed by atoms with Crippen molar-refractivity contribution < 1.29 is 9.53 Å². The van der Waals surface area contributed by atoms with E-state index in [9.17, 15) is 4.79 Å². The van der Waals surface area contributed by atoms with Gasteiger partial charge in [-0.05, 0) is 31.2 Å². The molecule has 0 radical (unpaired) electrons. The highest BCUT2D eigenvalue weighted by molar-refractivity contribution is 5.67. The van der Waals surface area contributed by atoms with Gasteiger partial charge in [0.2, 0.25) is 0 Å². The zero-order chi connectivity index (χ0) is 15.1. The number of hydrogen-bond acceptors (Lipinski definition) is 3. The second kappa shape index (κ2) is 8.03. The summed E-state index contributed by atoms with van der Waals surface area (Å²) in [4.78, 5) is 11.7. The number of hydrogen-bond donors (Lipinski definition) is 2. The van der Waals surface area contributed by atoms with Gasteiger partial charge < -0.3 is 15.4 Å². The fraction of sp³-hybridized carbons (Fsp3) is 0.588. The molecule has 0 atom stereocenters. The third-order valence-corrected chi connectivity index (χ3v) is 4.13. The van der Waals surface area contributed by atoms with E-state index < -0.39 is 0 Å². The summed E-state index contributed by atoms with van der Waals surface area (Å²) in [6.07, 6.45) is 3.99. The van der Waals surface area contributed by atoms with Gasteiger partial charge in [0.1, 0.15) is 6.61 Å². The SMILES string of the molecule is CCC(CC)NC1CC(NC(=O)OCc2ccccc2)C1. The molecule has 4 heteroatoms. The normalized spacial score (nSPS) is 20.9. The number of carbonyl (C=O) groups excluding carboxylic acids is 1. The molecule has 1 amide bonds. The summed E-state index contributed by atoms with van der Waals surface area (Å²) in [5.74, 6) is 0. The number of ether oxygens (including phenoxy) is 1. The lowest BCUT2D eigenvalue weighted by Gasteiger charge is -2.38. The van der Waals surface area contributed by atoms with Crippen molar-refractivity contribution in [1.29, 1.82) is 0 Å². The largest absolute Gasteiger partial charge is 0.445 e. The van der Waals surface area contributed by atoms with Gasteiger partial charge in [0.05, 0.1) is 0 Å². The summed E-state index contributed by atoms with van der Waals surface area (Å²) >= 11 is 0. The second-order valence-corrected chi connectivity index (χ2v) is 5.75. The maximum atomic E-state index is 11.7. The van der Waals surface area contributed by atoms with E-state index in [1.165, 1.54) is 0 Å². The number of amides is 1. The van der Waals surface area contributed by atoms with Crippen LogP contribution < -0.4 is 10.6 Å². The molecule has 1 saturated carbocycles. The molecule has 1 aromatic rings. The Morgan fingerprint density at radius 2 is 1.86 bits per heavy atom. The van der Waals surface area contributed by atoms with Crippen LogP contribution in [0.25, 0.3) is 0 Å². The molecule has 1 aromatic carbocycles. The molecule has 0 saturated heterocycles. The molecule has 21 heavy (non-hydrogen) atoms. The molecule has 2 N–H and O–H groups in total. The standard InChI is InChI=1S/C17H26N2O2/c1-3-14(4-2)18-15-10-16(11-15)19-17(20)21-12-13-8-6-5-7-9-13/h5-9,14-16,18H,3-4,10-12H2,1-2H3,(H,19,20). The number of alkyl carbamates (subject to hydrolysis) is 1. The predicted molar refractivity (Wildman–Crippen MR) is 84.1 cm³/mol. The molecule has 1 fully saturated rings. The first-order valence-corrected chi connectivity index (χ1v) is 7.94. The zero-order valence-corrected chi connectivity index (χ0v) is 13.0. The Morgan fingerprint density at radius 1 is 1.19 bits per heavy atom. The Labute approximate surface area is 127 Å². The highest BCUT2D eigenvalue weighted by Crippen LogP contribution is 2.21. The lowest BCUT2D eigenvalue weighted by Crippen LogP contribution is -2.54. The molecule has 0 spiro atoms. The Morgan fingerprint density at radius 3 is 2.48 bits per heavy atom. The minimum Gasteiger partial charge on any atom is -0.445 e. The quantitative estimate of drug-likeness (QED) is 0.810. The fourth-order valence-corrected chi connectivity index (χ4v) is 2.66. The van der Waals surface area contributed by atoms with Crippen molar-refractivity contribution in [2.24, 2.45) is 0 Å². The van der Waals surface area contributed by atoms with E-state index in [0.29, 0.717) is 18.7 Å². The molecule has 2 rings (SSSR count). The molecular weight excluding hydrogens is 264 g/mol. The monoisotopic (exact) mass is 290 g/mol. The van der Waals surface area contributed by atoms with Crippen LogP contribution in [-0.2, 0) is 11.3 Å². The Bertz CT molecular complexity index is 426. The van der Waals surface area contributed by atoms with Gasteiger partial charge in [-0.2, -0.15) is 0 Å². The summed E-state index contributed by atoms with van der Waals surface area (Å²) in [6, 6.07) is 11.1. The van der Waals surface area contributed by atoms with Gasteiger partial charge in [-0.25, -0.2) is 4.79 Å². The lowest BCUT2D eigenvalue weighted by molar-refractivity contribution is 0.124. The highest BCUT2D eigenvalue weighted by Gasteiger charge is 2.31. The van der Waals surface area contributed by atoms with E-state index in [2.05, 4.69) is 24.5 Å². The Hall–Kier alpha value is -1.55. The van der Waals surface area contributed by atoms with Crippen molar-refractivity contribution in [2.45, 2.75) is 64.3 Å². The second-order valence-electron chi connectivity index (χ2n) is 5.75. The van der Waals surface area contributed by atoms with Crippen LogP contribution in [0.3, 0.4) is 0 Å². The smallest absolute Gasteiger partial charge is 0.407 e. The van der Waals surface area contributed by atoms with Crippen molar-refractivity contribution in [3.63, 3.8) is 0 Å². The molecule has 0 aromatic heterocycles. The van der Waals surface area contributed by atoms with Crippen molar-refractivity contribution in [3.05, 3.63) is 35.9 Å². The molecule has 4 nitrogen and oxygen atoms in total. The van der Waals surface area contributed by atoms with E-state index in [-0.39, 0.29) is 12.1 Å². The summed E-state index contributed by atoms with van der Waals surface area (Å²) in [5.41, 5.74) is 1.01. The summed E-state index contributed by atoms with van der Waals surface area (Å²) in [5, 5.41) is 6.55. The third-order valence-electron chi connectivity index (χ3n) is 4.13. The minimum absolute atomic E-state index is 0.250. The van der Waals surface area contributed by atoms with Crippen LogP contribution in [0.5, 0.6) is 0 Å². The average molecular weight is 290 g/mol. The first-order chi connectivity index (χ1) is 10.2. The van der Waals surface area contributed by atoms with Crippen molar-refractivity contribution in [1.82, 2.24) is 10.6 Å².